The van der Waals surface area contributed by atoms with Crippen molar-refractivity contribution < 1.29 is 19.5 Å². The second-order valence-electron chi connectivity index (χ2n) is 3.47. The summed E-state index contributed by atoms with van der Waals surface area (Å²) in [6.45, 7) is 2.33. The molecule has 0 rings (SSSR count). The zero-order chi connectivity index (χ0) is 12.6. The third-order valence-corrected chi connectivity index (χ3v) is 2.11. The first-order chi connectivity index (χ1) is 7.47. The second kappa shape index (κ2) is 7.67. The number of carboxylic acids is 1. The van der Waals surface area contributed by atoms with E-state index in [9.17, 15) is 14.4 Å². The van der Waals surface area contributed by atoms with Crippen molar-refractivity contribution in [3.63, 3.8) is 0 Å². The van der Waals surface area contributed by atoms with Crippen LogP contribution in [-0.2, 0) is 9.59 Å². The maximum Gasteiger partial charge on any atom is 0.323 e. The molecule has 6 nitrogen and oxygen atoms in total. The van der Waals surface area contributed by atoms with Crippen LogP contribution in [0, 0.1) is 0 Å². The summed E-state index contributed by atoms with van der Waals surface area (Å²) in [6, 6.07) is -0.425. The number of hydrogen-bond donors (Lipinski definition) is 2. The van der Waals surface area contributed by atoms with Crippen LogP contribution in [0.25, 0.3) is 0 Å². The Kier molecular flexibility index (Phi) is 6.91. The molecule has 16 heavy (non-hydrogen) atoms. The summed E-state index contributed by atoms with van der Waals surface area (Å²) in [5.74, 6) is -1.24. The first-order valence-electron chi connectivity index (χ1n) is 5.24. The van der Waals surface area contributed by atoms with Gasteiger partial charge in [-0.05, 0) is 19.8 Å². The molecule has 6 heteroatoms. The van der Waals surface area contributed by atoms with Gasteiger partial charge in [0.05, 0.1) is 0 Å². The van der Waals surface area contributed by atoms with Crippen molar-refractivity contribution in [3.05, 3.63) is 0 Å². The number of carboxylic acid groups (broad SMARTS) is 1. The molecule has 92 valence electrons. The smallest absolute Gasteiger partial charge is 0.323 e. The van der Waals surface area contributed by atoms with E-state index < -0.39 is 12.0 Å². The molecule has 0 radical (unpaired) electrons. The third-order valence-electron chi connectivity index (χ3n) is 2.11. The minimum atomic E-state index is -0.873. The first-order valence-corrected chi connectivity index (χ1v) is 5.24. The summed E-state index contributed by atoms with van der Waals surface area (Å²) in [6.07, 6.45) is 1.15. The summed E-state index contributed by atoms with van der Waals surface area (Å²) >= 11 is 0. The lowest BCUT2D eigenvalue weighted by molar-refractivity contribution is -0.137. The van der Waals surface area contributed by atoms with E-state index in [0.717, 1.165) is 0 Å². The molecule has 0 saturated heterocycles. The molecule has 0 spiro atoms. The predicted octanol–water partition coefficient (Wildman–Crippen LogP) is 0.819. The van der Waals surface area contributed by atoms with E-state index >= 15 is 0 Å². The van der Waals surface area contributed by atoms with Crippen LogP contribution in [0.15, 0.2) is 0 Å². The Labute approximate surface area is 94.6 Å². The van der Waals surface area contributed by atoms with Gasteiger partial charge >= 0.3 is 12.0 Å². The average Bonchev–Trinajstić information content (AvgIpc) is 2.22. The predicted molar refractivity (Wildman–Crippen MR) is 57.9 cm³/mol. The molecule has 0 aliphatic heterocycles. The average molecular weight is 230 g/mol. The van der Waals surface area contributed by atoms with Gasteiger partial charge in [0, 0.05) is 26.4 Å². The van der Waals surface area contributed by atoms with Gasteiger partial charge < -0.3 is 10.0 Å². The largest absolute Gasteiger partial charge is 0.481 e. The highest BCUT2D eigenvalue weighted by Crippen LogP contribution is 1.99. The molecule has 0 aliphatic carbocycles. The standard InChI is InChI=1S/C10H18N2O4/c1-3-12(2)10(16)11-8(13)6-4-5-7-9(14)15/h3-7H2,1-2H3,(H,14,15)(H,11,13,16). The van der Waals surface area contributed by atoms with Gasteiger partial charge in [0.2, 0.25) is 5.91 Å². The highest BCUT2D eigenvalue weighted by molar-refractivity contribution is 5.94. The molecule has 0 atom stereocenters. The number of nitrogens with one attached hydrogen (secondary N) is 1. The van der Waals surface area contributed by atoms with E-state index in [1.807, 2.05) is 0 Å². The highest BCUT2D eigenvalue weighted by Gasteiger charge is 2.10. The lowest BCUT2D eigenvalue weighted by Gasteiger charge is -2.14. The summed E-state index contributed by atoms with van der Waals surface area (Å²) < 4.78 is 0. The lowest BCUT2D eigenvalue weighted by atomic mass is 10.2. The molecule has 0 aromatic rings. The number of amides is 3. The van der Waals surface area contributed by atoms with Crippen LogP contribution in [0.1, 0.15) is 32.6 Å². The van der Waals surface area contributed by atoms with Crippen molar-refractivity contribution in [3.8, 4) is 0 Å². The van der Waals surface area contributed by atoms with E-state index in [4.69, 9.17) is 5.11 Å². The maximum atomic E-state index is 11.2. The third kappa shape index (κ3) is 6.80. The van der Waals surface area contributed by atoms with Gasteiger partial charge in [-0.1, -0.05) is 0 Å². The van der Waals surface area contributed by atoms with Gasteiger partial charge in [0.25, 0.3) is 0 Å². The van der Waals surface area contributed by atoms with E-state index in [0.29, 0.717) is 19.4 Å². The molecule has 0 unspecified atom stereocenters. The maximum absolute atomic E-state index is 11.2. The monoisotopic (exact) mass is 230 g/mol. The summed E-state index contributed by atoms with van der Waals surface area (Å²) in [7, 11) is 1.59. The van der Waals surface area contributed by atoms with E-state index in [1.165, 1.54) is 4.90 Å². The van der Waals surface area contributed by atoms with Crippen molar-refractivity contribution in [2.24, 2.45) is 0 Å². The first kappa shape index (κ1) is 14.4. The minimum absolute atomic E-state index is 0.0517. The van der Waals surface area contributed by atoms with Crippen LogP contribution in [0.2, 0.25) is 0 Å². The summed E-state index contributed by atoms with van der Waals surface area (Å²) in [5, 5.41) is 10.6. The Morgan fingerprint density at radius 2 is 1.75 bits per heavy atom. The summed E-state index contributed by atoms with van der Waals surface area (Å²) in [4.78, 5) is 34.0. The van der Waals surface area contributed by atoms with Crippen molar-refractivity contribution in [1.82, 2.24) is 10.2 Å². The van der Waals surface area contributed by atoms with E-state index in [1.54, 1.807) is 14.0 Å². The van der Waals surface area contributed by atoms with Crippen LogP contribution in [0.3, 0.4) is 0 Å². The molecular formula is C10H18N2O4. The van der Waals surface area contributed by atoms with Gasteiger partial charge in [0.1, 0.15) is 0 Å². The molecule has 2 N–H and O–H groups in total. The fourth-order valence-corrected chi connectivity index (χ4v) is 0.983. The van der Waals surface area contributed by atoms with E-state index in [-0.39, 0.29) is 18.7 Å². The normalized spacial score (nSPS) is 9.62. The number of aliphatic carboxylic acids is 1. The molecule has 0 aromatic heterocycles. The van der Waals surface area contributed by atoms with E-state index in [2.05, 4.69) is 5.32 Å². The second-order valence-corrected chi connectivity index (χ2v) is 3.47. The summed E-state index contributed by atoms with van der Waals surface area (Å²) in [5.41, 5.74) is 0. The molecule has 0 saturated carbocycles. The molecular weight excluding hydrogens is 212 g/mol. The molecule has 0 heterocycles. The molecule has 0 aliphatic rings. The van der Waals surface area contributed by atoms with Gasteiger partial charge in [-0.2, -0.15) is 0 Å². The number of imide groups is 1. The number of unbranched alkanes of at least 4 members (excludes halogenated alkanes) is 1. The van der Waals surface area contributed by atoms with Crippen molar-refractivity contribution in [2.75, 3.05) is 13.6 Å². The van der Waals surface area contributed by atoms with Crippen LogP contribution in [0.4, 0.5) is 4.79 Å². The Balaban J connectivity index is 3.66. The van der Waals surface area contributed by atoms with Gasteiger partial charge in [0.15, 0.2) is 0 Å². The van der Waals surface area contributed by atoms with Crippen molar-refractivity contribution in [1.29, 1.82) is 0 Å². The number of nitrogens with zero attached hydrogens (tertiary/aromatic N) is 1. The fraction of sp³-hybridized carbons (Fsp3) is 0.700. The number of carbonyl (C=O) groups excluding carboxylic acids is 2. The zero-order valence-corrected chi connectivity index (χ0v) is 9.65. The van der Waals surface area contributed by atoms with Crippen molar-refractivity contribution in [2.45, 2.75) is 32.6 Å². The van der Waals surface area contributed by atoms with Crippen LogP contribution < -0.4 is 5.32 Å². The number of urea groups is 1. The molecule has 3 amide bonds. The van der Waals surface area contributed by atoms with Crippen LogP contribution in [-0.4, -0.2) is 41.5 Å². The quantitative estimate of drug-likeness (QED) is 0.661. The zero-order valence-electron chi connectivity index (χ0n) is 9.65. The SMILES string of the molecule is CCN(C)C(=O)NC(=O)CCCCC(=O)O. The van der Waals surface area contributed by atoms with Gasteiger partial charge in [-0.3, -0.25) is 14.9 Å². The Hall–Kier alpha value is -1.59. The lowest BCUT2D eigenvalue weighted by Crippen LogP contribution is -2.40. The Morgan fingerprint density at radius 1 is 1.19 bits per heavy atom. The molecule has 0 aromatic carbocycles. The highest BCUT2D eigenvalue weighted by atomic mass is 16.4. The Bertz CT molecular complexity index is 266. The number of hydrogen-bond acceptors (Lipinski definition) is 3. The molecule has 0 fully saturated rings. The van der Waals surface area contributed by atoms with Crippen LogP contribution in [0.5, 0.6) is 0 Å². The Morgan fingerprint density at radius 3 is 2.25 bits per heavy atom. The van der Waals surface area contributed by atoms with Crippen LogP contribution >= 0.6 is 0 Å². The van der Waals surface area contributed by atoms with Gasteiger partial charge in [-0.25, -0.2) is 4.79 Å². The number of rotatable bonds is 6. The molecule has 0 bridgehead atoms. The fourth-order valence-electron chi connectivity index (χ4n) is 0.983. The number of carbonyl (C=O) groups is 3. The topological polar surface area (TPSA) is 86.7 Å². The van der Waals surface area contributed by atoms with Gasteiger partial charge in [-0.15, -0.1) is 0 Å². The van der Waals surface area contributed by atoms with Crippen molar-refractivity contribution >= 4 is 17.9 Å². The minimum Gasteiger partial charge on any atom is -0.481 e.